The highest BCUT2D eigenvalue weighted by molar-refractivity contribution is 7.99. The second-order valence-electron chi connectivity index (χ2n) is 4.69. The van der Waals surface area contributed by atoms with E-state index in [2.05, 4.69) is 0 Å². The standard InChI is InChI=1S/C13H16O4S/c1-13(2,12(16)17)8-18-10-5-3-9(4-6-10)7-11(14)15/h3-6H,7-8H2,1-2H3,(H,14,15)(H,16,17). The fourth-order valence-electron chi connectivity index (χ4n) is 1.20. The van der Waals surface area contributed by atoms with Crippen molar-refractivity contribution in [2.45, 2.75) is 25.2 Å². The summed E-state index contributed by atoms with van der Waals surface area (Å²) in [6.07, 6.45) is 0.00552. The monoisotopic (exact) mass is 268 g/mol. The SMILES string of the molecule is CC(C)(CSc1ccc(CC(=O)O)cc1)C(=O)O. The third kappa shape index (κ3) is 4.41. The molecule has 0 aliphatic rings. The van der Waals surface area contributed by atoms with Crippen LogP contribution in [0, 0.1) is 5.41 Å². The van der Waals surface area contributed by atoms with Gasteiger partial charge in [0.1, 0.15) is 0 Å². The van der Waals surface area contributed by atoms with E-state index in [-0.39, 0.29) is 6.42 Å². The van der Waals surface area contributed by atoms with Crippen molar-refractivity contribution in [3.63, 3.8) is 0 Å². The molecule has 0 aliphatic carbocycles. The molecule has 4 nitrogen and oxygen atoms in total. The average molecular weight is 268 g/mol. The van der Waals surface area contributed by atoms with Crippen molar-refractivity contribution in [2.24, 2.45) is 5.41 Å². The fourth-order valence-corrected chi connectivity index (χ4v) is 2.18. The molecule has 0 bridgehead atoms. The summed E-state index contributed by atoms with van der Waals surface area (Å²) >= 11 is 1.46. The van der Waals surface area contributed by atoms with Crippen molar-refractivity contribution in [1.29, 1.82) is 0 Å². The van der Waals surface area contributed by atoms with E-state index < -0.39 is 17.4 Å². The maximum atomic E-state index is 10.9. The molecule has 0 unspecified atom stereocenters. The van der Waals surface area contributed by atoms with Gasteiger partial charge in [-0.1, -0.05) is 12.1 Å². The molecular formula is C13H16O4S. The highest BCUT2D eigenvalue weighted by atomic mass is 32.2. The van der Waals surface area contributed by atoms with Gasteiger partial charge in [0.15, 0.2) is 0 Å². The van der Waals surface area contributed by atoms with Crippen LogP contribution in [0.15, 0.2) is 29.2 Å². The Bertz CT molecular complexity index is 437. The zero-order valence-electron chi connectivity index (χ0n) is 10.3. The third-order valence-corrected chi connectivity index (χ3v) is 3.93. The van der Waals surface area contributed by atoms with Crippen LogP contribution in [0.4, 0.5) is 0 Å². The first kappa shape index (κ1) is 14.6. The quantitative estimate of drug-likeness (QED) is 0.775. The maximum absolute atomic E-state index is 10.9. The van der Waals surface area contributed by atoms with E-state index in [0.29, 0.717) is 5.75 Å². The van der Waals surface area contributed by atoms with Crippen LogP contribution in [-0.2, 0) is 16.0 Å². The normalized spacial score (nSPS) is 11.2. The molecule has 0 atom stereocenters. The summed E-state index contributed by atoms with van der Waals surface area (Å²) in [7, 11) is 0. The first-order valence-corrected chi connectivity index (χ1v) is 6.47. The van der Waals surface area contributed by atoms with Crippen LogP contribution < -0.4 is 0 Å². The lowest BCUT2D eigenvalue weighted by Crippen LogP contribution is -2.26. The van der Waals surface area contributed by atoms with Crippen molar-refractivity contribution in [1.82, 2.24) is 0 Å². The van der Waals surface area contributed by atoms with E-state index in [1.807, 2.05) is 12.1 Å². The Morgan fingerprint density at radius 2 is 1.72 bits per heavy atom. The van der Waals surface area contributed by atoms with Gasteiger partial charge in [-0.2, -0.15) is 0 Å². The second kappa shape index (κ2) is 5.91. The first-order chi connectivity index (χ1) is 8.31. The van der Waals surface area contributed by atoms with Gasteiger partial charge < -0.3 is 10.2 Å². The summed E-state index contributed by atoms with van der Waals surface area (Å²) in [6, 6.07) is 7.15. The number of thioether (sulfide) groups is 1. The lowest BCUT2D eigenvalue weighted by molar-refractivity contribution is -0.145. The molecule has 1 aromatic rings. The van der Waals surface area contributed by atoms with Crippen molar-refractivity contribution in [3.8, 4) is 0 Å². The Morgan fingerprint density at radius 3 is 2.17 bits per heavy atom. The number of hydrogen-bond donors (Lipinski definition) is 2. The summed E-state index contributed by atoms with van der Waals surface area (Å²) in [4.78, 5) is 22.4. The van der Waals surface area contributed by atoms with E-state index >= 15 is 0 Å². The molecule has 0 fully saturated rings. The van der Waals surface area contributed by atoms with Crippen molar-refractivity contribution in [2.75, 3.05) is 5.75 Å². The first-order valence-electron chi connectivity index (χ1n) is 5.48. The number of rotatable bonds is 6. The molecule has 0 heterocycles. The minimum absolute atomic E-state index is 0.00552. The molecule has 0 aliphatic heterocycles. The molecule has 0 saturated heterocycles. The number of carbonyl (C=O) groups is 2. The topological polar surface area (TPSA) is 74.6 Å². The molecule has 0 radical (unpaired) electrons. The highest BCUT2D eigenvalue weighted by Gasteiger charge is 2.26. The van der Waals surface area contributed by atoms with Gasteiger partial charge in [-0.15, -0.1) is 11.8 Å². The number of carboxylic acids is 2. The maximum Gasteiger partial charge on any atom is 0.309 e. The number of carboxylic acid groups (broad SMARTS) is 2. The van der Waals surface area contributed by atoms with E-state index in [0.717, 1.165) is 10.5 Å². The molecule has 0 saturated carbocycles. The molecule has 0 aromatic heterocycles. The van der Waals surface area contributed by atoms with E-state index in [1.54, 1.807) is 26.0 Å². The van der Waals surface area contributed by atoms with Gasteiger partial charge in [0.05, 0.1) is 11.8 Å². The summed E-state index contributed by atoms with van der Waals surface area (Å²) in [6.45, 7) is 3.36. The van der Waals surface area contributed by atoms with Crippen molar-refractivity contribution < 1.29 is 19.8 Å². The molecule has 5 heteroatoms. The van der Waals surface area contributed by atoms with Crippen LogP contribution >= 0.6 is 11.8 Å². The molecule has 0 spiro atoms. The Labute approximate surface area is 110 Å². The van der Waals surface area contributed by atoms with Gasteiger partial charge in [0.25, 0.3) is 0 Å². The lowest BCUT2D eigenvalue weighted by Gasteiger charge is -2.18. The van der Waals surface area contributed by atoms with E-state index in [1.165, 1.54) is 11.8 Å². The number of benzene rings is 1. The van der Waals surface area contributed by atoms with Crippen molar-refractivity contribution >= 4 is 23.7 Å². The van der Waals surface area contributed by atoms with Crippen molar-refractivity contribution in [3.05, 3.63) is 29.8 Å². The summed E-state index contributed by atoms with van der Waals surface area (Å²) in [5.74, 6) is -1.21. The molecule has 0 amide bonds. The minimum Gasteiger partial charge on any atom is -0.481 e. The summed E-state index contributed by atoms with van der Waals surface area (Å²) in [5.41, 5.74) is -0.0333. The number of hydrogen-bond acceptors (Lipinski definition) is 3. The molecular weight excluding hydrogens is 252 g/mol. The largest absolute Gasteiger partial charge is 0.481 e. The Hall–Kier alpha value is -1.49. The zero-order chi connectivity index (χ0) is 13.8. The second-order valence-corrected chi connectivity index (χ2v) is 5.74. The number of aliphatic carboxylic acids is 2. The highest BCUT2D eigenvalue weighted by Crippen LogP contribution is 2.28. The smallest absolute Gasteiger partial charge is 0.309 e. The van der Waals surface area contributed by atoms with Crippen LogP contribution in [0.2, 0.25) is 0 Å². The molecule has 2 N–H and O–H groups in total. The Kier molecular flexibility index (Phi) is 4.78. The third-order valence-electron chi connectivity index (χ3n) is 2.46. The predicted octanol–water partition coefficient (Wildman–Crippen LogP) is 2.52. The van der Waals surface area contributed by atoms with Gasteiger partial charge in [0, 0.05) is 10.6 Å². The van der Waals surface area contributed by atoms with Crippen LogP contribution in [0.1, 0.15) is 19.4 Å². The zero-order valence-corrected chi connectivity index (χ0v) is 11.2. The summed E-state index contributed by atoms with van der Waals surface area (Å²) < 4.78 is 0. The molecule has 1 rings (SSSR count). The lowest BCUT2D eigenvalue weighted by atomic mass is 9.97. The van der Waals surface area contributed by atoms with Crippen LogP contribution in [0.5, 0.6) is 0 Å². The van der Waals surface area contributed by atoms with Crippen LogP contribution in [0.25, 0.3) is 0 Å². The predicted molar refractivity (Wildman–Crippen MR) is 69.9 cm³/mol. The van der Waals surface area contributed by atoms with Gasteiger partial charge in [-0.05, 0) is 31.5 Å². The van der Waals surface area contributed by atoms with Crippen LogP contribution in [0.3, 0.4) is 0 Å². The Balaban J connectivity index is 2.59. The van der Waals surface area contributed by atoms with Gasteiger partial charge >= 0.3 is 11.9 Å². The van der Waals surface area contributed by atoms with Gasteiger partial charge in [0.2, 0.25) is 0 Å². The minimum atomic E-state index is -0.859. The Morgan fingerprint density at radius 1 is 1.17 bits per heavy atom. The molecule has 1 aromatic carbocycles. The average Bonchev–Trinajstić information content (AvgIpc) is 2.27. The van der Waals surface area contributed by atoms with Crippen LogP contribution in [-0.4, -0.2) is 27.9 Å². The molecule has 18 heavy (non-hydrogen) atoms. The van der Waals surface area contributed by atoms with E-state index in [4.69, 9.17) is 10.2 Å². The fraction of sp³-hybridized carbons (Fsp3) is 0.385. The van der Waals surface area contributed by atoms with E-state index in [9.17, 15) is 9.59 Å². The summed E-state index contributed by atoms with van der Waals surface area (Å²) in [5, 5.41) is 17.6. The van der Waals surface area contributed by atoms with Gasteiger partial charge in [-0.25, -0.2) is 0 Å². The van der Waals surface area contributed by atoms with Gasteiger partial charge in [-0.3, -0.25) is 9.59 Å². The molecule has 98 valence electrons.